The van der Waals surface area contributed by atoms with Crippen LogP contribution >= 0.6 is 0 Å². The van der Waals surface area contributed by atoms with Crippen LogP contribution in [0.1, 0.15) is 53.2 Å². The molecule has 10 nitrogen and oxygen atoms in total. The van der Waals surface area contributed by atoms with Gasteiger partial charge in [-0.25, -0.2) is 0 Å². The Bertz CT molecular complexity index is 1360. The molecule has 1 amide bonds. The monoisotopic (exact) mass is 578 g/mol. The molecule has 4 rings (SSSR count). The van der Waals surface area contributed by atoms with Crippen LogP contribution in [0.2, 0.25) is 0 Å². The number of hydroxylamine groups is 2. The lowest BCUT2D eigenvalue weighted by Gasteiger charge is -2.32. The van der Waals surface area contributed by atoms with Crippen molar-refractivity contribution in [3.8, 4) is 28.7 Å². The molecule has 10 heteroatoms. The van der Waals surface area contributed by atoms with Gasteiger partial charge < -0.3 is 28.4 Å². The fourth-order valence-corrected chi connectivity index (χ4v) is 5.11. The molecule has 224 valence electrons. The molecule has 1 atom stereocenters. The fraction of sp³-hybridized carbons (Fsp3) is 0.375. The van der Waals surface area contributed by atoms with E-state index in [1.165, 1.54) is 12.4 Å². The van der Waals surface area contributed by atoms with Crippen LogP contribution in [-0.2, 0) is 16.8 Å². The highest BCUT2D eigenvalue weighted by molar-refractivity contribution is 5.93. The van der Waals surface area contributed by atoms with Crippen LogP contribution in [0, 0.1) is 0 Å². The SMILES string of the molecule is CCCOc1c(C/C=C/N(O)C(=O)c2cccnc2)cc(C2(c3cc(OC)c(OC)c(OC)c3)CCCO2)cc1OC. The first-order valence-corrected chi connectivity index (χ1v) is 13.8. The zero-order valence-corrected chi connectivity index (χ0v) is 24.7. The summed E-state index contributed by atoms with van der Waals surface area (Å²) < 4.78 is 35.3. The first kappa shape index (κ1) is 30.7. The summed E-state index contributed by atoms with van der Waals surface area (Å²) in [4.78, 5) is 16.5. The molecule has 0 radical (unpaired) electrons. The number of benzene rings is 2. The van der Waals surface area contributed by atoms with Crippen molar-refractivity contribution in [2.45, 2.75) is 38.2 Å². The van der Waals surface area contributed by atoms with Crippen molar-refractivity contribution in [2.24, 2.45) is 0 Å². The Morgan fingerprint density at radius 1 is 1.02 bits per heavy atom. The van der Waals surface area contributed by atoms with Crippen molar-refractivity contribution >= 4 is 5.91 Å². The molecule has 0 spiro atoms. The lowest BCUT2D eigenvalue weighted by Crippen LogP contribution is -2.27. The molecule has 1 saturated heterocycles. The number of ether oxygens (including phenoxy) is 6. The summed E-state index contributed by atoms with van der Waals surface area (Å²) in [5.41, 5.74) is 1.97. The van der Waals surface area contributed by atoms with E-state index in [0.29, 0.717) is 59.9 Å². The maximum Gasteiger partial charge on any atom is 0.282 e. The van der Waals surface area contributed by atoms with E-state index >= 15 is 0 Å². The van der Waals surface area contributed by atoms with Crippen molar-refractivity contribution in [3.63, 3.8) is 0 Å². The highest BCUT2D eigenvalue weighted by atomic mass is 16.5. The molecule has 1 N–H and O–H groups in total. The number of methoxy groups -OCH3 is 4. The predicted molar refractivity (Wildman–Crippen MR) is 156 cm³/mol. The van der Waals surface area contributed by atoms with Gasteiger partial charge in [-0.15, -0.1) is 0 Å². The van der Waals surface area contributed by atoms with Crippen molar-refractivity contribution in [1.29, 1.82) is 0 Å². The van der Waals surface area contributed by atoms with Crippen molar-refractivity contribution < 1.29 is 38.4 Å². The van der Waals surface area contributed by atoms with Crippen LogP contribution in [0.15, 0.2) is 61.1 Å². The van der Waals surface area contributed by atoms with Gasteiger partial charge in [-0.3, -0.25) is 15.0 Å². The average Bonchev–Trinajstić information content (AvgIpc) is 3.54. The number of rotatable bonds is 13. The van der Waals surface area contributed by atoms with Gasteiger partial charge in [0.05, 0.1) is 40.6 Å². The molecule has 1 aliphatic heterocycles. The largest absolute Gasteiger partial charge is 0.493 e. The molecule has 0 bridgehead atoms. The Morgan fingerprint density at radius 3 is 2.24 bits per heavy atom. The molecule has 2 heterocycles. The number of hydrogen-bond acceptors (Lipinski definition) is 9. The normalized spacial score (nSPS) is 16.3. The molecule has 1 unspecified atom stereocenters. The summed E-state index contributed by atoms with van der Waals surface area (Å²) in [6.45, 7) is 3.09. The van der Waals surface area contributed by atoms with Gasteiger partial charge in [0.1, 0.15) is 5.60 Å². The second-order valence-electron chi connectivity index (χ2n) is 9.69. The zero-order chi connectivity index (χ0) is 30.1. The number of allylic oxidation sites excluding steroid dienone is 1. The Balaban J connectivity index is 1.77. The van der Waals surface area contributed by atoms with E-state index in [1.54, 1.807) is 52.8 Å². The summed E-state index contributed by atoms with van der Waals surface area (Å²) in [7, 11) is 6.33. The van der Waals surface area contributed by atoms with Gasteiger partial charge in [-0.05, 0) is 73.2 Å². The highest BCUT2D eigenvalue weighted by Crippen LogP contribution is 2.50. The Morgan fingerprint density at radius 2 is 1.69 bits per heavy atom. The highest BCUT2D eigenvalue weighted by Gasteiger charge is 2.41. The number of nitrogens with zero attached hydrogens (tertiary/aromatic N) is 2. The maximum atomic E-state index is 12.6. The minimum absolute atomic E-state index is 0.269. The first-order valence-electron chi connectivity index (χ1n) is 13.8. The van der Waals surface area contributed by atoms with E-state index < -0.39 is 11.5 Å². The number of pyridine rings is 1. The quantitative estimate of drug-likeness (QED) is 0.206. The summed E-state index contributed by atoms with van der Waals surface area (Å²) in [5.74, 6) is 2.11. The van der Waals surface area contributed by atoms with E-state index in [0.717, 1.165) is 29.5 Å². The smallest absolute Gasteiger partial charge is 0.282 e. The van der Waals surface area contributed by atoms with Crippen LogP contribution in [0.5, 0.6) is 28.7 Å². The van der Waals surface area contributed by atoms with Crippen LogP contribution in [0.3, 0.4) is 0 Å². The molecule has 2 aromatic carbocycles. The fourth-order valence-electron chi connectivity index (χ4n) is 5.11. The number of hydrogen-bond donors (Lipinski definition) is 1. The summed E-state index contributed by atoms with van der Waals surface area (Å²) in [6, 6.07) is 11.0. The molecular formula is C32H38N2O8. The third-order valence-corrected chi connectivity index (χ3v) is 7.12. The molecule has 42 heavy (non-hydrogen) atoms. The van der Waals surface area contributed by atoms with E-state index in [-0.39, 0.29) is 5.56 Å². The summed E-state index contributed by atoms with van der Waals surface area (Å²) in [6.07, 6.45) is 8.67. The lowest BCUT2D eigenvalue weighted by molar-refractivity contribution is -0.0204. The van der Waals surface area contributed by atoms with E-state index in [4.69, 9.17) is 28.4 Å². The van der Waals surface area contributed by atoms with Crippen LogP contribution in [0.25, 0.3) is 0 Å². The van der Waals surface area contributed by atoms with Gasteiger partial charge in [-0.1, -0.05) is 13.0 Å². The Labute approximate surface area is 246 Å². The minimum Gasteiger partial charge on any atom is -0.493 e. The minimum atomic E-state index is -0.818. The standard InChI is InChI=1S/C32H38N2O8/c1-6-15-41-29-22(11-8-14-34(36)31(35)23-10-7-13-33-21-23)17-24(18-26(29)37-2)32(12-9-16-42-32)25-19-27(38-3)30(40-5)28(20-25)39-4/h7-8,10,13-14,17-21,36H,6,9,11-12,15-16H2,1-5H3/b14-8+. The van der Waals surface area contributed by atoms with Crippen LogP contribution in [0.4, 0.5) is 0 Å². The number of carbonyl (C=O) groups is 1. The third-order valence-electron chi connectivity index (χ3n) is 7.12. The molecule has 1 aliphatic rings. The molecular weight excluding hydrogens is 540 g/mol. The van der Waals surface area contributed by atoms with E-state index in [2.05, 4.69) is 4.98 Å². The molecule has 3 aromatic rings. The summed E-state index contributed by atoms with van der Waals surface area (Å²) in [5, 5.41) is 10.9. The molecule has 1 fully saturated rings. The number of aromatic nitrogens is 1. The van der Waals surface area contributed by atoms with E-state index in [1.807, 2.05) is 31.2 Å². The third kappa shape index (κ3) is 6.29. The zero-order valence-electron chi connectivity index (χ0n) is 24.7. The average molecular weight is 579 g/mol. The van der Waals surface area contributed by atoms with Gasteiger partial charge in [0.25, 0.3) is 5.91 Å². The second kappa shape index (κ2) is 14.1. The first-order chi connectivity index (χ1) is 20.4. The van der Waals surface area contributed by atoms with Crippen molar-refractivity contribution in [2.75, 3.05) is 41.7 Å². The van der Waals surface area contributed by atoms with Gasteiger partial charge in [0, 0.05) is 30.8 Å². The number of amides is 1. The molecule has 0 aliphatic carbocycles. The van der Waals surface area contributed by atoms with E-state index in [9.17, 15) is 10.0 Å². The topological polar surface area (TPSA) is 109 Å². The lowest BCUT2D eigenvalue weighted by atomic mass is 9.82. The molecule has 1 aromatic heterocycles. The summed E-state index contributed by atoms with van der Waals surface area (Å²) >= 11 is 0. The van der Waals surface area contributed by atoms with Gasteiger partial charge in [0.2, 0.25) is 5.75 Å². The number of carbonyl (C=O) groups excluding carboxylic acids is 1. The van der Waals surface area contributed by atoms with Gasteiger partial charge >= 0.3 is 0 Å². The Kier molecular flexibility index (Phi) is 10.3. The van der Waals surface area contributed by atoms with Gasteiger partial charge in [-0.2, -0.15) is 5.06 Å². The van der Waals surface area contributed by atoms with Crippen molar-refractivity contribution in [3.05, 3.63) is 83.3 Å². The predicted octanol–water partition coefficient (Wildman–Crippen LogP) is 5.55. The maximum absolute atomic E-state index is 12.6. The molecule has 0 saturated carbocycles. The Hall–Kier alpha value is -4.28. The van der Waals surface area contributed by atoms with Crippen LogP contribution in [-0.4, -0.2) is 62.8 Å². The van der Waals surface area contributed by atoms with Gasteiger partial charge in [0.15, 0.2) is 23.0 Å². The second-order valence-corrected chi connectivity index (χ2v) is 9.69. The van der Waals surface area contributed by atoms with Crippen molar-refractivity contribution in [1.82, 2.24) is 10.0 Å². The van der Waals surface area contributed by atoms with Crippen LogP contribution < -0.4 is 23.7 Å².